The van der Waals surface area contributed by atoms with Gasteiger partial charge >= 0.3 is 0 Å². The highest BCUT2D eigenvalue weighted by molar-refractivity contribution is 7.89. The van der Waals surface area contributed by atoms with Crippen LogP contribution in [0.1, 0.15) is 25.3 Å². The molecule has 4 heteroatoms. The predicted molar refractivity (Wildman–Crippen MR) is 77.5 cm³/mol. The molecule has 1 aromatic rings. The zero-order chi connectivity index (χ0) is 14.0. The molecule has 1 fully saturated rings. The van der Waals surface area contributed by atoms with Crippen LogP contribution in [0.4, 0.5) is 0 Å². The maximum atomic E-state index is 12.7. The molecule has 0 spiro atoms. The molecule has 2 rings (SSSR count). The molecule has 1 aromatic carbocycles. The summed E-state index contributed by atoms with van der Waals surface area (Å²) in [5.74, 6) is 0.183. The Hall–Kier alpha value is -1.13. The standard InChI is InChI=1S/C15H21NO2S/c1-4-13(3)15-6-5-11-16(15)19(17,18)14-9-7-12(2)8-10-14/h4,7-10,13,15H,1,5-6,11H2,2-3H3/t13-,15+/m0/s1. The van der Waals surface area contributed by atoms with Crippen molar-refractivity contribution in [3.8, 4) is 0 Å². The molecule has 1 aliphatic rings. The van der Waals surface area contributed by atoms with Crippen LogP contribution in [0.25, 0.3) is 0 Å². The van der Waals surface area contributed by atoms with E-state index in [1.54, 1.807) is 16.4 Å². The smallest absolute Gasteiger partial charge is 0.207 e. The molecule has 0 N–H and O–H groups in total. The number of benzene rings is 1. The third-order valence-electron chi connectivity index (χ3n) is 3.85. The summed E-state index contributed by atoms with van der Waals surface area (Å²) >= 11 is 0. The van der Waals surface area contributed by atoms with Gasteiger partial charge in [0.25, 0.3) is 0 Å². The van der Waals surface area contributed by atoms with Gasteiger partial charge < -0.3 is 0 Å². The van der Waals surface area contributed by atoms with Crippen LogP contribution in [0.3, 0.4) is 0 Å². The van der Waals surface area contributed by atoms with Gasteiger partial charge in [0.15, 0.2) is 0 Å². The Morgan fingerprint density at radius 2 is 2.00 bits per heavy atom. The topological polar surface area (TPSA) is 37.4 Å². The van der Waals surface area contributed by atoms with E-state index in [4.69, 9.17) is 0 Å². The molecule has 104 valence electrons. The average Bonchev–Trinajstić information content (AvgIpc) is 2.88. The van der Waals surface area contributed by atoms with Crippen molar-refractivity contribution >= 4 is 10.0 Å². The average molecular weight is 279 g/mol. The molecule has 0 bridgehead atoms. The Morgan fingerprint density at radius 3 is 2.58 bits per heavy atom. The minimum atomic E-state index is -3.37. The molecule has 0 radical (unpaired) electrons. The zero-order valence-corrected chi connectivity index (χ0v) is 12.4. The van der Waals surface area contributed by atoms with Crippen molar-refractivity contribution in [1.29, 1.82) is 0 Å². The van der Waals surface area contributed by atoms with Gasteiger partial charge in [0.2, 0.25) is 10.0 Å². The van der Waals surface area contributed by atoms with Gasteiger partial charge in [-0.1, -0.05) is 30.7 Å². The van der Waals surface area contributed by atoms with E-state index in [9.17, 15) is 8.42 Å². The van der Waals surface area contributed by atoms with Gasteiger partial charge in [0, 0.05) is 12.6 Å². The Morgan fingerprint density at radius 1 is 1.37 bits per heavy atom. The molecular weight excluding hydrogens is 258 g/mol. The van der Waals surface area contributed by atoms with Gasteiger partial charge in [-0.05, 0) is 37.8 Å². The van der Waals surface area contributed by atoms with E-state index in [0.29, 0.717) is 11.4 Å². The van der Waals surface area contributed by atoms with Crippen LogP contribution >= 0.6 is 0 Å². The van der Waals surface area contributed by atoms with E-state index in [-0.39, 0.29) is 12.0 Å². The van der Waals surface area contributed by atoms with Crippen molar-refractivity contribution < 1.29 is 8.42 Å². The Balaban J connectivity index is 2.33. The van der Waals surface area contributed by atoms with Gasteiger partial charge in [-0.3, -0.25) is 0 Å². The number of aryl methyl sites for hydroxylation is 1. The van der Waals surface area contributed by atoms with Crippen LogP contribution in [-0.2, 0) is 10.0 Å². The first kappa shape index (κ1) is 14.3. The largest absolute Gasteiger partial charge is 0.243 e. The lowest BCUT2D eigenvalue weighted by Gasteiger charge is -2.27. The highest BCUT2D eigenvalue weighted by Gasteiger charge is 2.37. The molecule has 19 heavy (non-hydrogen) atoms. The predicted octanol–water partition coefficient (Wildman–Crippen LogP) is 2.97. The summed E-state index contributed by atoms with van der Waals surface area (Å²) in [4.78, 5) is 0.390. The molecule has 0 aliphatic carbocycles. The molecule has 1 aliphatic heterocycles. The van der Waals surface area contributed by atoms with E-state index >= 15 is 0 Å². The molecule has 0 saturated carbocycles. The van der Waals surface area contributed by atoms with Crippen molar-refractivity contribution in [2.24, 2.45) is 5.92 Å². The van der Waals surface area contributed by atoms with Gasteiger partial charge in [0.1, 0.15) is 0 Å². The summed E-state index contributed by atoms with van der Waals surface area (Å²) in [6.07, 6.45) is 3.68. The molecule has 1 heterocycles. The SMILES string of the molecule is C=C[C@H](C)[C@H]1CCCN1S(=O)(=O)c1ccc(C)cc1. The van der Waals surface area contributed by atoms with Crippen molar-refractivity contribution in [2.45, 2.75) is 37.6 Å². The lowest BCUT2D eigenvalue weighted by Crippen LogP contribution is -2.38. The number of rotatable bonds is 4. The third-order valence-corrected chi connectivity index (χ3v) is 5.79. The van der Waals surface area contributed by atoms with Gasteiger partial charge in [-0.25, -0.2) is 8.42 Å². The van der Waals surface area contributed by atoms with E-state index in [1.807, 2.05) is 32.1 Å². The maximum absolute atomic E-state index is 12.7. The highest BCUT2D eigenvalue weighted by Crippen LogP contribution is 2.30. The molecular formula is C15H21NO2S. The molecule has 0 amide bonds. The van der Waals surface area contributed by atoms with E-state index < -0.39 is 10.0 Å². The van der Waals surface area contributed by atoms with Gasteiger partial charge in [0.05, 0.1) is 4.90 Å². The second-order valence-corrected chi connectivity index (χ2v) is 7.12. The van der Waals surface area contributed by atoms with Crippen molar-refractivity contribution in [2.75, 3.05) is 6.54 Å². The molecule has 2 atom stereocenters. The first-order valence-corrected chi connectivity index (χ1v) is 8.12. The maximum Gasteiger partial charge on any atom is 0.243 e. The lowest BCUT2D eigenvalue weighted by molar-refractivity contribution is 0.336. The van der Waals surface area contributed by atoms with Crippen LogP contribution in [0.15, 0.2) is 41.8 Å². The van der Waals surface area contributed by atoms with E-state index in [0.717, 1.165) is 18.4 Å². The van der Waals surface area contributed by atoms with Crippen LogP contribution in [0.2, 0.25) is 0 Å². The fourth-order valence-electron chi connectivity index (χ4n) is 2.59. The minimum absolute atomic E-state index is 0.0452. The van der Waals surface area contributed by atoms with Crippen molar-refractivity contribution in [1.82, 2.24) is 4.31 Å². The first-order valence-electron chi connectivity index (χ1n) is 6.68. The molecule has 0 aromatic heterocycles. The Kier molecular flexibility index (Phi) is 4.11. The van der Waals surface area contributed by atoms with Crippen LogP contribution in [0.5, 0.6) is 0 Å². The second-order valence-electron chi connectivity index (χ2n) is 5.23. The number of hydrogen-bond acceptors (Lipinski definition) is 2. The Bertz CT molecular complexity index is 548. The number of nitrogens with zero attached hydrogens (tertiary/aromatic N) is 1. The van der Waals surface area contributed by atoms with E-state index in [1.165, 1.54) is 0 Å². The molecule has 0 unspecified atom stereocenters. The van der Waals surface area contributed by atoms with Gasteiger partial charge in [-0.2, -0.15) is 4.31 Å². The van der Waals surface area contributed by atoms with Crippen LogP contribution in [0, 0.1) is 12.8 Å². The lowest BCUT2D eigenvalue weighted by atomic mass is 10.0. The normalized spacial score (nSPS) is 22.3. The molecule has 3 nitrogen and oxygen atoms in total. The summed E-state index contributed by atoms with van der Waals surface area (Å²) in [7, 11) is -3.37. The number of hydrogen-bond donors (Lipinski definition) is 0. The van der Waals surface area contributed by atoms with Crippen LogP contribution in [-0.4, -0.2) is 25.3 Å². The minimum Gasteiger partial charge on any atom is -0.207 e. The third kappa shape index (κ3) is 2.74. The summed E-state index contributed by atoms with van der Waals surface area (Å²) in [5.41, 5.74) is 1.07. The zero-order valence-electron chi connectivity index (χ0n) is 11.5. The summed E-state index contributed by atoms with van der Waals surface area (Å²) in [5, 5.41) is 0. The second kappa shape index (κ2) is 5.47. The number of sulfonamides is 1. The van der Waals surface area contributed by atoms with Crippen molar-refractivity contribution in [3.63, 3.8) is 0 Å². The molecule has 1 saturated heterocycles. The summed E-state index contributed by atoms with van der Waals surface area (Å²) in [6.45, 7) is 8.38. The fourth-order valence-corrected chi connectivity index (χ4v) is 4.37. The van der Waals surface area contributed by atoms with Gasteiger partial charge in [-0.15, -0.1) is 6.58 Å². The van der Waals surface area contributed by atoms with Crippen molar-refractivity contribution in [3.05, 3.63) is 42.5 Å². The Labute approximate surface area is 116 Å². The first-order chi connectivity index (χ1) is 8.96. The monoisotopic (exact) mass is 279 g/mol. The summed E-state index contributed by atoms with van der Waals surface area (Å²) < 4.78 is 27.0. The fraction of sp³-hybridized carbons (Fsp3) is 0.467. The summed E-state index contributed by atoms with van der Waals surface area (Å²) in [6, 6.07) is 7.12. The quantitative estimate of drug-likeness (QED) is 0.795. The van der Waals surface area contributed by atoms with Crippen LogP contribution < -0.4 is 0 Å². The van der Waals surface area contributed by atoms with E-state index in [2.05, 4.69) is 6.58 Å². The highest BCUT2D eigenvalue weighted by atomic mass is 32.2.